The predicted molar refractivity (Wildman–Crippen MR) is 59.6 cm³/mol. The van der Waals surface area contributed by atoms with Crippen LogP contribution in [-0.4, -0.2) is 48.4 Å². The molecule has 17 heavy (non-hydrogen) atoms. The summed E-state index contributed by atoms with van der Waals surface area (Å²) in [4.78, 5) is 22.4. The molecular weight excluding hydrogens is 226 g/mol. The van der Waals surface area contributed by atoms with Crippen LogP contribution in [-0.2, 0) is 19.1 Å². The van der Waals surface area contributed by atoms with E-state index in [9.17, 15) is 9.59 Å². The van der Waals surface area contributed by atoms with Crippen molar-refractivity contribution >= 4 is 11.9 Å². The number of rotatable bonds is 4. The molecule has 0 aliphatic carbocycles. The summed E-state index contributed by atoms with van der Waals surface area (Å²) in [5, 5.41) is 11.5. The number of amides is 1. The van der Waals surface area contributed by atoms with Crippen molar-refractivity contribution in [1.82, 2.24) is 5.32 Å². The summed E-state index contributed by atoms with van der Waals surface area (Å²) in [5.74, 6) is -1.94. The zero-order valence-corrected chi connectivity index (χ0v) is 10.4. The highest BCUT2D eigenvalue weighted by molar-refractivity contribution is 5.79. The first-order chi connectivity index (χ1) is 7.79. The first kappa shape index (κ1) is 13.9. The molecule has 1 saturated heterocycles. The second kappa shape index (κ2) is 5.46. The molecule has 0 radical (unpaired) electrons. The summed E-state index contributed by atoms with van der Waals surface area (Å²) in [5.41, 5.74) is -0.393. The molecule has 1 rings (SSSR count). The smallest absolute Gasteiger partial charge is 0.311 e. The number of carbonyl (C=O) groups excluding carboxylic acids is 1. The Bertz CT molecular complexity index is 297. The number of carbonyl (C=O) groups is 2. The minimum Gasteiger partial charge on any atom is -0.481 e. The van der Waals surface area contributed by atoms with Gasteiger partial charge in [0.2, 0.25) is 5.91 Å². The molecule has 6 heteroatoms. The van der Waals surface area contributed by atoms with E-state index in [0.29, 0.717) is 0 Å². The summed E-state index contributed by atoms with van der Waals surface area (Å²) in [6, 6.07) is -0.469. The molecule has 2 atom stereocenters. The van der Waals surface area contributed by atoms with Crippen molar-refractivity contribution < 1.29 is 24.2 Å². The average Bonchev–Trinajstić information content (AvgIpc) is 2.62. The van der Waals surface area contributed by atoms with Crippen LogP contribution in [0.1, 0.15) is 20.8 Å². The van der Waals surface area contributed by atoms with Crippen molar-refractivity contribution in [3.8, 4) is 0 Å². The third-order valence-corrected chi connectivity index (χ3v) is 2.38. The molecule has 98 valence electrons. The van der Waals surface area contributed by atoms with E-state index >= 15 is 0 Å². The predicted octanol–water partition coefficient (Wildman–Crippen LogP) is 0.0173. The lowest BCUT2D eigenvalue weighted by atomic mass is 10.0. The van der Waals surface area contributed by atoms with Crippen molar-refractivity contribution in [3.63, 3.8) is 0 Å². The Morgan fingerprint density at radius 3 is 2.59 bits per heavy atom. The van der Waals surface area contributed by atoms with Crippen LogP contribution in [0.5, 0.6) is 0 Å². The van der Waals surface area contributed by atoms with Crippen LogP contribution in [0.3, 0.4) is 0 Å². The van der Waals surface area contributed by atoms with Gasteiger partial charge in [-0.15, -0.1) is 0 Å². The Hall–Kier alpha value is -1.14. The summed E-state index contributed by atoms with van der Waals surface area (Å²) in [7, 11) is 0. The molecule has 2 N–H and O–H groups in total. The second-order valence-electron chi connectivity index (χ2n) is 5.06. The monoisotopic (exact) mass is 245 g/mol. The molecule has 1 amide bonds. The molecule has 2 unspecified atom stereocenters. The summed E-state index contributed by atoms with van der Waals surface area (Å²) < 4.78 is 10.3. The fraction of sp³-hybridized carbons (Fsp3) is 0.818. The number of carboxylic acids is 1. The van der Waals surface area contributed by atoms with Crippen LogP contribution in [0, 0.1) is 5.92 Å². The lowest BCUT2D eigenvalue weighted by Gasteiger charge is -2.21. The highest BCUT2D eigenvalue weighted by Crippen LogP contribution is 2.14. The fourth-order valence-electron chi connectivity index (χ4n) is 1.47. The topological polar surface area (TPSA) is 84.9 Å². The summed E-state index contributed by atoms with van der Waals surface area (Å²) in [6.07, 6.45) is 0. The van der Waals surface area contributed by atoms with Gasteiger partial charge in [-0.05, 0) is 20.8 Å². The standard InChI is InChI=1S/C11H19NO5/c1-11(2,3)17-6-9(13)12-8-5-16-4-7(8)10(14)15/h7-8H,4-6H2,1-3H3,(H,12,13)(H,14,15). The van der Waals surface area contributed by atoms with E-state index < -0.39 is 23.5 Å². The first-order valence-corrected chi connectivity index (χ1v) is 5.53. The zero-order chi connectivity index (χ0) is 13.1. The van der Waals surface area contributed by atoms with E-state index in [4.69, 9.17) is 14.6 Å². The van der Waals surface area contributed by atoms with Crippen LogP contribution in [0.2, 0.25) is 0 Å². The molecule has 0 spiro atoms. The van der Waals surface area contributed by atoms with Gasteiger partial charge in [0.05, 0.1) is 24.9 Å². The molecule has 0 saturated carbocycles. The molecule has 0 aromatic carbocycles. The number of nitrogens with one attached hydrogen (secondary N) is 1. The summed E-state index contributed by atoms with van der Waals surface area (Å²) >= 11 is 0. The number of hydrogen-bond acceptors (Lipinski definition) is 4. The number of ether oxygens (including phenoxy) is 2. The lowest BCUT2D eigenvalue weighted by molar-refractivity contribution is -0.142. The lowest BCUT2D eigenvalue weighted by Crippen LogP contribution is -2.44. The Labute approximate surface area is 100 Å². The van der Waals surface area contributed by atoms with Gasteiger partial charge < -0.3 is 19.9 Å². The Kier molecular flexibility index (Phi) is 4.47. The molecule has 0 aromatic rings. The SMILES string of the molecule is CC(C)(C)OCC(=O)NC1COCC1C(=O)O. The quantitative estimate of drug-likeness (QED) is 0.729. The summed E-state index contributed by atoms with van der Waals surface area (Å²) in [6.45, 7) is 5.84. The van der Waals surface area contributed by atoms with Gasteiger partial charge in [0.15, 0.2) is 0 Å². The molecule has 6 nitrogen and oxygen atoms in total. The first-order valence-electron chi connectivity index (χ1n) is 5.53. The van der Waals surface area contributed by atoms with Crippen LogP contribution >= 0.6 is 0 Å². The number of carboxylic acid groups (broad SMARTS) is 1. The van der Waals surface area contributed by atoms with Gasteiger partial charge >= 0.3 is 5.97 Å². The van der Waals surface area contributed by atoms with Gasteiger partial charge in [-0.25, -0.2) is 0 Å². The fourth-order valence-corrected chi connectivity index (χ4v) is 1.47. The maximum atomic E-state index is 11.5. The number of hydrogen-bond donors (Lipinski definition) is 2. The van der Waals surface area contributed by atoms with E-state index in [0.717, 1.165) is 0 Å². The van der Waals surface area contributed by atoms with Crippen LogP contribution in [0.4, 0.5) is 0 Å². The van der Waals surface area contributed by atoms with Gasteiger partial charge in [0.25, 0.3) is 0 Å². The van der Waals surface area contributed by atoms with Gasteiger partial charge in [-0.1, -0.05) is 0 Å². The molecular formula is C11H19NO5. The van der Waals surface area contributed by atoms with Crippen LogP contribution < -0.4 is 5.32 Å². The minimum absolute atomic E-state index is 0.0770. The minimum atomic E-state index is -0.954. The third kappa shape index (κ3) is 4.70. The zero-order valence-electron chi connectivity index (χ0n) is 10.4. The van der Waals surface area contributed by atoms with E-state index in [1.54, 1.807) is 0 Å². The molecule has 1 fully saturated rings. The van der Waals surface area contributed by atoms with E-state index in [2.05, 4.69) is 5.32 Å². The van der Waals surface area contributed by atoms with Gasteiger partial charge in [-0.2, -0.15) is 0 Å². The Morgan fingerprint density at radius 2 is 2.06 bits per heavy atom. The van der Waals surface area contributed by atoms with E-state index in [1.807, 2.05) is 20.8 Å². The second-order valence-corrected chi connectivity index (χ2v) is 5.06. The van der Waals surface area contributed by atoms with Crippen molar-refractivity contribution in [3.05, 3.63) is 0 Å². The van der Waals surface area contributed by atoms with E-state index in [1.165, 1.54) is 0 Å². The molecule has 0 bridgehead atoms. The number of aliphatic carboxylic acids is 1. The maximum Gasteiger partial charge on any atom is 0.311 e. The van der Waals surface area contributed by atoms with Crippen LogP contribution in [0.25, 0.3) is 0 Å². The average molecular weight is 245 g/mol. The van der Waals surface area contributed by atoms with Crippen LogP contribution in [0.15, 0.2) is 0 Å². The van der Waals surface area contributed by atoms with Gasteiger partial charge in [-0.3, -0.25) is 9.59 Å². The highest BCUT2D eigenvalue weighted by Gasteiger charge is 2.35. The Morgan fingerprint density at radius 1 is 1.41 bits per heavy atom. The maximum absolute atomic E-state index is 11.5. The molecule has 1 aliphatic rings. The largest absolute Gasteiger partial charge is 0.481 e. The molecule has 1 aliphatic heterocycles. The molecule has 1 heterocycles. The van der Waals surface area contributed by atoms with Gasteiger partial charge in [0, 0.05) is 0 Å². The van der Waals surface area contributed by atoms with Crippen molar-refractivity contribution in [2.45, 2.75) is 32.4 Å². The Balaban J connectivity index is 2.38. The van der Waals surface area contributed by atoms with Gasteiger partial charge in [0.1, 0.15) is 12.5 Å². The van der Waals surface area contributed by atoms with Crippen molar-refractivity contribution in [2.75, 3.05) is 19.8 Å². The normalized spacial score (nSPS) is 24.6. The van der Waals surface area contributed by atoms with E-state index in [-0.39, 0.29) is 25.7 Å². The van der Waals surface area contributed by atoms with Crippen molar-refractivity contribution in [2.24, 2.45) is 5.92 Å². The third-order valence-electron chi connectivity index (χ3n) is 2.38. The molecule has 0 aromatic heterocycles. The highest BCUT2D eigenvalue weighted by atomic mass is 16.5. The van der Waals surface area contributed by atoms with Crippen molar-refractivity contribution in [1.29, 1.82) is 0 Å².